The summed E-state index contributed by atoms with van der Waals surface area (Å²) in [5.74, 6) is 0.269. The molecule has 0 fully saturated rings. The number of carbonyl (C=O) groups is 1. The number of halogens is 1. The van der Waals surface area contributed by atoms with Gasteiger partial charge < -0.3 is 5.32 Å². The van der Waals surface area contributed by atoms with Crippen LogP contribution in [-0.4, -0.2) is 16.1 Å². The fraction of sp³-hybridized carbons (Fsp3) is 0. The second-order valence-corrected chi connectivity index (χ2v) is 4.32. The lowest BCUT2D eigenvalue weighted by molar-refractivity contribution is 0.102. The van der Waals surface area contributed by atoms with Crippen molar-refractivity contribution in [2.45, 2.75) is 0 Å². The minimum absolute atomic E-state index is 0.181. The minimum Gasteiger partial charge on any atom is -0.305 e. The normalized spacial score (nSPS) is 9.81. The van der Waals surface area contributed by atoms with Gasteiger partial charge in [-0.1, -0.05) is 6.07 Å². The molecular weight excluding hydrogens is 317 g/mol. The molecule has 2 aromatic rings. The van der Waals surface area contributed by atoms with Crippen LogP contribution in [0.5, 0.6) is 0 Å². The van der Waals surface area contributed by atoms with Crippen molar-refractivity contribution in [1.82, 2.24) is 10.2 Å². The van der Waals surface area contributed by atoms with Crippen LogP contribution in [0, 0.1) is 3.57 Å². The molecule has 2 rings (SSSR count). The van der Waals surface area contributed by atoms with Crippen LogP contribution in [0.2, 0.25) is 0 Å². The highest BCUT2D eigenvalue weighted by atomic mass is 127. The van der Waals surface area contributed by atoms with Gasteiger partial charge in [0.15, 0.2) is 5.82 Å². The zero-order chi connectivity index (χ0) is 11.4. The Morgan fingerprint density at radius 2 is 2.12 bits per heavy atom. The summed E-state index contributed by atoms with van der Waals surface area (Å²) in [4.78, 5) is 11.8. The first-order chi connectivity index (χ1) is 7.75. The van der Waals surface area contributed by atoms with Crippen LogP contribution in [0.1, 0.15) is 10.4 Å². The standard InChI is InChI=1S/C11H8IN3O/c12-9-4-1-3-8(7-9)11(16)14-10-5-2-6-13-15-10/h1-7H,(H,14,15,16). The van der Waals surface area contributed by atoms with Crippen molar-refractivity contribution in [3.8, 4) is 0 Å². The van der Waals surface area contributed by atoms with Crippen molar-refractivity contribution in [3.63, 3.8) is 0 Å². The summed E-state index contributed by atoms with van der Waals surface area (Å²) in [6.45, 7) is 0. The van der Waals surface area contributed by atoms with E-state index in [4.69, 9.17) is 0 Å². The number of aromatic nitrogens is 2. The Balaban J connectivity index is 2.15. The summed E-state index contributed by atoms with van der Waals surface area (Å²) in [7, 11) is 0. The molecule has 0 radical (unpaired) electrons. The van der Waals surface area contributed by atoms with Gasteiger partial charge in [-0.15, -0.1) is 5.10 Å². The van der Waals surface area contributed by atoms with E-state index in [-0.39, 0.29) is 5.91 Å². The first-order valence-electron chi connectivity index (χ1n) is 4.60. The molecule has 1 aromatic carbocycles. The van der Waals surface area contributed by atoms with E-state index in [0.717, 1.165) is 3.57 Å². The Morgan fingerprint density at radius 1 is 1.25 bits per heavy atom. The van der Waals surface area contributed by atoms with E-state index in [9.17, 15) is 4.79 Å². The van der Waals surface area contributed by atoms with Gasteiger partial charge in [0.05, 0.1) is 0 Å². The molecule has 0 aliphatic rings. The molecule has 0 saturated heterocycles. The van der Waals surface area contributed by atoms with Gasteiger partial charge in [0.25, 0.3) is 5.91 Å². The molecule has 1 amide bonds. The van der Waals surface area contributed by atoms with Crippen molar-refractivity contribution in [1.29, 1.82) is 0 Å². The van der Waals surface area contributed by atoms with E-state index in [1.165, 1.54) is 0 Å². The molecule has 4 nitrogen and oxygen atoms in total. The smallest absolute Gasteiger partial charge is 0.256 e. The number of anilines is 1. The monoisotopic (exact) mass is 325 g/mol. The molecule has 5 heteroatoms. The number of carbonyl (C=O) groups excluding carboxylic acids is 1. The summed E-state index contributed by atoms with van der Waals surface area (Å²) in [5.41, 5.74) is 0.609. The summed E-state index contributed by atoms with van der Waals surface area (Å²) < 4.78 is 1.02. The molecule has 0 saturated carbocycles. The van der Waals surface area contributed by atoms with E-state index in [0.29, 0.717) is 11.4 Å². The molecule has 0 atom stereocenters. The molecule has 0 spiro atoms. The SMILES string of the molecule is O=C(Nc1cccnn1)c1cccc(I)c1. The van der Waals surface area contributed by atoms with E-state index in [1.54, 1.807) is 24.4 Å². The molecule has 0 unspecified atom stereocenters. The number of hydrogen-bond acceptors (Lipinski definition) is 3. The maximum Gasteiger partial charge on any atom is 0.256 e. The summed E-state index contributed by atoms with van der Waals surface area (Å²) in [5, 5.41) is 10.1. The Hall–Kier alpha value is -1.50. The van der Waals surface area contributed by atoms with Crippen LogP contribution in [0.15, 0.2) is 42.6 Å². The lowest BCUT2D eigenvalue weighted by Gasteiger charge is -2.03. The largest absolute Gasteiger partial charge is 0.305 e. The highest BCUT2D eigenvalue weighted by Gasteiger charge is 2.06. The van der Waals surface area contributed by atoms with Crippen molar-refractivity contribution >= 4 is 34.3 Å². The first kappa shape index (κ1) is 11.0. The lowest BCUT2D eigenvalue weighted by atomic mass is 10.2. The van der Waals surface area contributed by atoms with Crippen molar-refractivity contribution in [2.24, 2.45) is 0 Å². The second kappa shape index (κ2) is 5.02. The maximum atomic E-state index is 11.8. The molecular formula is C11H8IN3O. The molecule has 0 bridgehead atoms. The van der Waals surface area contributed by atoms with Gasteiger partial charge in [-0.05, 0) is 52.9 Å². The van der Waals surface area contributed by atoms with E-state index < -0.39 is 0 Å². The molecule has 0 aliphatic carbocycles. The quantitative estimate of drug-likeness (QED) is 0.863. The van der Waals surface area contributed by atoms with Crippen LogP contribution in [-0.2, 0) is 0 Å². The molecule has 1 N–H and O–H groups in total. The minimum atomic E-state index is -0.181. The molecule has 1 aromatic heterocycles. The molecule has 80 valence electrons. The van der Waals surface area contributed by atoms with Crippen LogP contribution >= 0.6 is 22.6 Å². The number of nitrogens with one attached hydrogen (secondary N) is 1. The van der Waals surface area contributed by atoms with Gasteiger partial charge in [-0.25, -0.2) is 0 Å². The molecule has 16 heavy (non-hydrogen) atoms. The third kappa shape index (κ3) is 2.75. The average Bonchev–Trinajstić information content (AvgIpc) is 2.30. The predicted molar refractivity (Wildman–Crippen MR) is 69.1 cm³/mol. The van der Waals surface area contributed by atoms with Gasteiger partial charge >= 0.3 is 0 Å². The Morgan fingerprint density at radius 3 is 2.81 bits per heavy atom. The topological polar surface area (TPSA) is 54.9 Å². The Labute approximate surface area is 106 Å². The van der Waals surface area contributed by atoms with Gasteiger partial charge in [0, 0.05) is 15.3 Å². The number of benzene rings is 1. The molecule has 1 heterocycles. The fourth-order valence-electron chi connectivity index (χ4n) is 1.19. The average molecular weight is 325 g/mol. The van der Waals surface area contributed by atoms with Crippen LogP contribution in [0.25, 0.3) is 0 Å². The highest BCUT2D eigenvalue weighted by molar-refractivity contribution is 14.1. The third-order valence-electron chi connectivity index (χ3n) is 1.90. The number of nitrogens with zero attached hydrogens (tertiary/aromatic N) is 2. The van der Waals surface area contributed by atoms with Gasteiger partial charge in [-0.2, -0.15) is 5.10 Å². The number of rotatable bonds is 2. The zero-order valence-corrected chi connectivity index (χ0v) is 10.4. The van der Waals surface area contributed by atoms with Crippen LogP contribution in [0.4, 0.5) is 5.82 Å². The van der Waals surface area contributed by atoms with Crippen LogP contribution < -0.4 is 5.32 Å². The summed E-state index contributed by atoms with van der Waals surface area (Å²) in [6.07, 6.45) is 1.56. The third-order valence-corrected chi connectivity index (χ3v) is 2.57. The number of hydrogen-bond donors (Lipinski definition) is 1. The Bertz CT molecular complexity index is 502. The second-order valence-electron chi connectivity index (χ2n) is 3.07. The van der Waals surface area contributed by atoms with Crippen molar-refractivity contribution in [2.75, 3.05) is 5.32 Å². The Kier molecular flexibility index (Phi) is 3.45. The first-order valence-corrected chi connectivity index (χ1v) is 5.68. The summed E-state index contributed by atoms with van der Waals surface area (Å²) in [6, 6.07) is 10.8. The summed E-state index contributed by atoms with van der Waals surface area (Å²) >= 11 is 2.16. The van der Waals surface area contributed by atoms with Crippen molar-refractivity contribution < 1.29 is 4.79 Å². The fourth-order valence-corrected chi connectivity index (χ4v) is 1.73. The number of amides is 1. The van der Waals surface area contributed by atoms with Crippen LogP contribution in [0.3, 0.4) is 0 Å². The van der Waals surface area contributed by atoms with E-state index in [1.807, 2.05) is 18.2 Å². The van der Waals surface area contributed by atoms with Gasteiger partial charge in [0.2, 0.25) is 0 Å². The van der Waals surface area contributed by atoms with Gasteiger partial charge in [0.1, 0.15) is 0 Å². The highest BCUT2D eigenvalue weighted by Crippen LogP contribution is 2.09. The zero-order valence-electron chi connectivity index (χ0n) is 8.22. The molecule has 0 aliphatic heterocycles. The lowest BCUT2D eigenvalue weighted by Crippen LogP contribution is -2.13. The van der Waals surface area contributed by atoms with E-state index in [2.05, 4.69) is 38.1 Å². The van der Waals surface area contributed by atoms with E-state index >= 15 is 0 Å². The van der Waals surface area contributed by atoms with Gasteiger partial charge in [-0.3, -0.25) is 4.79 Å². The predicted octanol–water partition coefficient (Wildman–Crippen LogP) is 2.33. The maximum absolute atomic E-state index is 11.8. The van der Waals surface area contributed by atoms with Crippen molar-refractivity contribution in [3.05, 3.63) is 51.7 Å².